The van der Waals surface area contributed by atoms with Crippen LogP contribution >= 0.6 is 0 Å². The van der Waals surface area contributed by atoms with Crippen LogP contribution in [-0.2, 0) is 0 Å². The highest BCUT2D eigenvalue weighted by atomic mass is 16.1. The number of rotatable bonds is 4. The number of aryl methyl sites for hydroxylation is 1. The van der Waals surface area contributed by atoms with Crippen molar-refractivity contribution in [3.63, 3.8) is 0 Å². The van der Waals surface area contributed by atoms with E-state index in [0.29, 0.717) is 5.82 Å². The third kappa shape index (κ3) is 2.36. The van der Waals surface area contributed by atoms with Gasteiger partial charge in [0.1, 0.15) is 0 Å². The molecule has 0 fully saturated rings. The Hall–Kier alpha value is -1.88. The molecule has 2 aromatic rings. The van der Waals surface area contributed by atoms with Crippen LogP contribution in [-0.4, -0.2) is 14.8 Å². The molecule has 0 amide bonds. The molecule has 1 atom stereocenters. The number of benzene rings is 1. The Bertz CT molecular complexity index is 585. The molecule has 18 heavy (non-hydrogen) atoms. The summed E-state index contributed by atoms with van der Waals surface area (Å²) in [7, 11) is 0. The van der Waals surface area contributed by atoms with Crippen LogP contribution in [0.3, 0.4) is 0 Å². The number of aromatic amines is 1. The van der Waals surface area contributed by atoms with Crippen LogP contribution < -0.4 is 11.4 Å². The second-order valence-corrected chi connectivity index (χ2v) is 4.46. The van der Waals surface area contributed by atoms with Crippen LogP contribution in [0.25, 0.3) is 5.69 Å². The van der Waals surface area contributed by atoms with Gasteiger partial charge in [0.2, 0.25) is 0 Å². The van der Waals surface area contributed by atoms with Crippen molar-refractivity contribution < 1.29 is 0 Å². The maximum absolute atomic E-state index is 11.8. The Morgan fingerprint density at radius 3 is 2.94 bits per heavy atom. The molecule has 0 radical (unpaired) electrons. The lowest BCUT2D eigenvalue weighted by Crippen LogP contribution is -2.22. The van der Waals surface area contributed by atoms with Gasteiger partial charge in [-0.2, -0.15) is 5.10 Å². The van der Waals surface area contributed by atoms with E-state index >= 15 is 0 Å². The molecule has 5 heteroatoms. The Balaban J connectivity index is 2.50. The fraction of sp³-hybridized carbons (Fsp3) is 0.385. The van der Waals surface area contributed by atoms with Crippen LogP contribution in [0.2, 0.25) is 0 Å². The van der Waals surface area contributed by atoms with Gasteiger partial charge in [-0.3, -0.25) is 0 Å². The summed E-state index contributed by atoms with van der Waals surface area (Å²) in [5.74, 6) is 0.590. The molecule has 0 saturated carbocycles. The topological polar surface area (TPSA) is 76.7 Å². The predicted molar refractivity (Wildman–Crippen MR) is 70.8 cm³/mol. The van der Waals surface area contributed by atoms with Gasteiger partial charge in [0, 0.05) is 0 Å². The number of H-pyrrole nitrogens is 1. The van der Waals surface area contributed by atoms with Gasteiger partial charge in [-0.1, -0.05) is 25.5 Å². The largest absolute Gasteiger partial charge is 0.347 e. The van der Waals surface area contributed by atoms with Gasteiger partial charge in [0.05, 0.1) is 11.7 Å². The Labute approximate surface area is 106 Å². The molecule has 0 saturated heterocycles. The monoisotopic (exact) mass is 246 g/mol. The molecule has 1 aromatic carbocycles. The van der Waals surface area contributed by atoms with Gasteiger partial charge in [-0.05, 0) is 31.0 Å². The molecule has 1 unspecified atom stereocenters. The minimum atomic E-state index is -0.248. The molecule has 0 spiro atoms. The lowest BCUT2D eigenvalue weighted by Gasteiger charge is -2.11. The molecule has 0 aliphatic heterocycles. The number of nitrogens with zero attached hydrogens (tertiary/aromatic N) is 2. The first-order valence-corrected chi connectivity index (χ1v) is 6.13. The fourth-order valence-corrected chi connectivity index (χ4v) is 2.01. The van der Waals surface area contributed by atoms with E-state index in [1.807, 2.05) is 31.2 Å². The van der Waals surface area contributed by atoms with E-state index in [1.165, 1.54) is 0 Å². The molecule has 96 valence electrons. The highest BCUT2D eigenvalue weighted by Gasteiger charge is 2.16. The number of nitrogens with two attached hydrogens (primary N) is 1. The summed E-state index contributed by atoms with van der Waals surface area (Å²) >= 11 is 0. The molecular weight excluding hydrogens is 228 g/mol. The average Bonchev–Trinajstić information content (AvgIpc) is 2.71. The standard InChI is InChI=1S/C13H18N4O/c1-3-5-11(14)12-15-16-13(18)17(12)10-7-4-6-9(2)8-10/h4,6-8,11H,3,5,14H2,1-2H3,(H,16,18). The Morgan fingerprint density at radius 1 is 1.50 bits per heavy atom. The molecule has 0 aliphatic carbocycles. The van der Waals surface area contributed by atoms with E-state index in [1.54, 1.807) is 4.57 Å². The molecule has 1 heterocycles. The maximum atomic E-state index is 11.8. The summed E-state index contributed by atoms with van der Waals surface area (Å²) in [4.78, 5) is 11.8. The average molecular weight is 246 g/mol. The third-order valence-electron chi connectivity index (χ3n) is 2.89. The molecular formula is C13H18N4O. The minimum Gasteiger partial charge on any atom is -0.321 e. The second kappa shape index (κ2) is 5.18. The minimum absolute atomic E-state index is 0.227. The second-order valence-electron chi connectivity index (χ2n) is 4.46. The van der Waals surface area contributed by atoms with Crippen molar-refractivity contribution in [2.45, 2.75) is 32.7 Å². The van der Waals surface area contributed by atoms with Gasteiger partial charge in [-0.25, -0.2) is 14.5 Å². The molecule has 5 nitrogen and oxygen atoms in total. The zero-order valence-corrected chi connectivity index (χ0v) is 10.7. The summed E-state index contributed by atoms with van der Waals surface area (Å²) in [6, 6.07) is 7.50. The lowest BCUT2D eigenvalue weighted by atomic mass is 10.1. The van der Waals surface area contributed by atoms with Gasteiger partial charge >= 0.3 is 5.69 Å². The van der Waals surface area contributed by atoms with Crippen LogP contribution in [0.15, 0.2) is 29.1 Å². The smallest absolute Gasteiger partial charge is 0.321 e. The van der Waals surface area contributed by atoms with E-state index in [4.69, 9.17) is 5.73 Å². The molecule has 0 bridgehead atoms. The summed E-state index contributed by atoms with van der Waals surface area (Å²) in [5.41, 5.74) is 7.70. The first kappa shape index (κ1) is 12.6. The number of nitrogens with one attached hydrogen (secondary N) is 1. The van der Waals surface area contributed by atoms with Crippen molar-refractivity contribution in [2.75, 3.05) is 0 Å². The van der Waals surface area contributed by atoms with Crippen molar-refractivity contribution in [2.24, 2.45) is 5.73 Å². The van der Waals surface area contributed by atoms with Crippen LogP contribution in [0.1, 0.15) is 37.2 Å². The SMILES string of the molecule is CCCC(N)c1n[nH]c(=O)n1-c1cccc(C)c1. The number of hydrogen-bond acceptors (Lipinski definition) is 3. The number of aromatic nitrogens is 3. The highest BCUT2D eigenvalue weighted by Crippen LogP contribution is 2.16. The third-order valence-corrected chi connectivity index (χ3v) is 2.89. The van der Waals surface area contributed by atoms with Crippen molar-refractivity contribution in [1.82, 2.24) is 14.8 Å². The Morgan fingerprint density at radius 2 is 2.28 bits per heavy atom. The first-order chi connectivity index (χ1) is 8.63. The summed E-state index contributed by atoms with van der Waals surface area (Å²) in [6.07, 6.45) is 1.76. The zero-order chi connectivity index (χ0) is 13.1. The van der Waals surface area contributed by atoms with E-state index in [9.17, 15) is 4.79 Å². The first-order valence-electron chi connectivity index (χ1n) is 6.13. The van der Waals surface area contributed by atoms with Crippen LogP contribution in [0.5, 0.6) is 0 Å². The number of hydrogen-bond donors (Lipinski definition) is 2. The van der Waals surface area contributed by atoms with E-state index < -0.39 is 0 Å². The van der Waals surface area contributed by atoms with Gasteiger partial charge < -0.3 is 5.73 Å². The highest BCUT2D eigenvalue weighted by molar-refractivity contribution is 5.36. The van der Waals surface area contributed by atoms with E-state index in [2.05, 4.69) is 17.1 Å². The zero-order valence-electron chi connectivity index (χ0n) is 10.7. The molecule has 0 aliphatic rings. The quantitative estimate of drug-likeness (QED) is 0.861. The van der Waals surface area contributed by atoms with Gasteiger partial charge in [0.15, 0.2) is 5.82 Å². The molecule has 2 rings (SSSR count). The van der Waals surface area contributed by atoms with Crippen molar-refractivity contribution in [3.05, 3.63) is 46.1 Å². The molecule has 1 aromatic heterocycles. The predicted octanol–water partition coefficient (Wildman–Crippen LogP) is 1.67. The normalized spacial score (nSPS) is 12.6. The van der Waals surface area contributed by atoms with Gasteiger partial charge in [-0.15, -0.1) is 0 Å². The maximum Gasteiger partial charge on any atom is 0.347 e. The summed E-state index contributed by atoms with van der Waals surface area (Å²) < 4.78 is 1.55. The van der Waals surface area contributed by atoms with Crippen LogP contribution in [0, 0.1) is 6.92 Å². The van der Waals surface area contributed by atoms with E-state index in [0.717, 1.165) is 24.1 Å². The Kier molecular flexibility index (Phi) is 3.62. The lowest BCUT2D eigenvalue weighted by molar-refractivity contribution is 0.589. The van der Waals surface area contributed by atoms with E-state index in [-0.39, 0.29) is 11.7 Å². The fourth-order valence-electron chi connectivity index (χ4n) is 2.01. The van der Waals surface area contributed by atoms with Crippen molar-refractivity contribution in [3.8, 4) is 5.69 Å². The summed E-state index contributed by atoms with van der Waals surface area (Å²) in [6.45, 7) is 4.04. The van der Waals surface area contributed by atoms with Crippen molar-refractivity contribution in [1.29, 1.82) is 0 Å². The van der Waals surface area contributed by atoms with Crippen molar-refractivity contribution >= 4 is 0 Å². The summed E-state index contributed by atoms with van der Waals surface area (Å²) in [5, 5.41) is 6.51. The van der Waals surface area contributed by atoms with Gasteiger partial charge in [0.25, 0.3) is 0 Å². The molecule has 3 N–H and O–H groups in total. The van der Waals surface area contributed by atoms with Crippen LogP contribution in [0.4, 0.5) is 0 Å².